The molecule has 8 unspecified atom stereocenters. The van der Waals surface area contributed by atoms with Gasteiger partial charge in [0.05, 0.1) is 54.8 Å². The van der Waals surface area contributed by atoms with Crippen molar-refractivity contribution in [2.45, 2.75) is 186 Å². The number of carbonyl (C=O) groups excluding carboxylic acids is 6. The number of amides is 1. The molecular formula is C58H75NO21. The summed E-state index contributed by atoms with van der Waals surface area (Å²) in [4.78, 5) is 78.1. The van der Waals surface area contributed by atoms with Crippen LogP contribution in [0, 0.1) is 17.8 Å². The summed E-state index contributed by atoms with van der Waals surface area (Å²) in [6.45, 7) is 12.8. The van der Waals surface area contributed by atoms with Crippen molar-refractivity contribution in [1.82, 2.24) is 5.32 Å². The maximum atomic E-state index is 14.2. The first-order valence-electron chi connectivity index (χ1n) is 27.1. The molecular weight excluding hydrogens is 1050 g/mol. The fourth-order valence-corrected chi connectivity index (χ4v) is 10.6. The minimum atomic E-state index is -1.74. The summed E-state index contributed by atoms with van der Waals surface area (Å²) < 4.78 is 81.9. The molecule has 4 aliphatic heterocycles. The monoisotopic (exact) mass is 1120 g/mol. The molecule has 1 amide bonds. The van der Waals surface area contributed by atoms with Gasteiger partial charge in [0.1, 0.15) is 37.1 Å². The summed E-state index contributed by atoms with van der Waals surface area (Å²) >= 11 is 0. The van der Waals surface area contributed by atoms with Crippen molar-refractivity contribution in [3.63, 3.8) is 0 Å². The van der Waals surface area contributed by atoms with Crippen molar-refractivity contribution in [2.24, 2.45) is 17.8 Å². The molecule has 22 heteroatoms. The van der Waals surface area contributed by atoms with E-state index < -0.39 is 165 Å². The standard InChI is InChI=1S/C58H75NO21/c1-10-40-46(78-57-50(71-36(9)64)32(5)48(70-35(8)63)43(75-57)29-68-34(7)62)30(3)44(59-33(6)61)55(72-40)80-51-45(65)42(27-60)74-58(52(51)77-54(67)39-25-19-14-20-26-39)79-47-31(4)49(76-53(66)38-23-17-13-18-24-38)56(73-41(47)11-2)69-28-37-21-15-12-16-22-37/h12-26,30-32,40-52,55-58,60,65H,10-11,27-29H2,1-9H3,(H,59,61)/t30-,31+,32+,40?,41?,42?,43?,44?,45+,46+,47+,48-,49?,50?,51+,52?,55+,56-,57+,58+/m1/s1. The number of rotatable bonds is 21. The first kappa shape index (κ1) is 61.7. The minimum absolute atomic E-state index is 0.115. The van der Waals surface area contributed by atoms with Crippen molar-refractivity contribution in [2.75, 3.05) is 13.2 Å². The third-order valence-corrected chi connectivity index (χ3v) is 14.7. The number of esters is 5. The SMILES string of the molecule is CCC1O[C@@H](O[C@@H]2C(OC(=O)c3ccccc3)[C@H](O[C@@H]3C(CC)O[C@@H](OCc4ccccc4)C(OC(=O)c4ccccc4)[C@H]3C)OC(CO)[C@@H]2O)C(NC(C)=O)[C@@H](C)[C@@H]1O[C@@H]1OC(COC(C)=O)[C@H](OC(C)=O)[C@H](C)C1OC(C)=O. The Hall–Kier alpha value is -5.92. The highest BCUT2D eigenvalue weighted by atomic mass is 16.8. The highest BCUT2D eigenvalue weighted by Gasteiger charge is 2.57. The van der Waals surface area contributed by atoms with E-state index in [0.29, 0.717) is 6.42 Å². The second kappa shape index (κ2) is 28.7. The molecule has 0 aromatic heterocycles. The van der Waals surface area contributed by atoms with Crippen molar-refractivity contribution in [3.05, 3.63) is 108 Å². The lowest BCUT2D eigenvalue weighted by Gasteiger charge is -2.51. The van der Waals surface area contributed by atoms with E-state index in [4.69, 9.17) is 61.6 Å². The Labute approximate surface area is 465 Å². The van der Waals surface area contributed by atoms with Crippen molar-refractivity contribution in [3.8, 4) is 0 Å². The van der Waals surface area contributed by atoms with Crippen LogP contribution < -0.4 is 5.32 Å². The normalized spacial score (nSPS) is 34.2. The van der Waals surface area contributed by atoms with E-state index in [2.05, 4.69) is 5.32 Å². The highest BCUT2D eigenvalue weighted by Crippen LogP contribution is 2.41. The number of carbonyl (C=O) groups is 6. The number of hydrogen-bond acceptors (Lipinski definition) is 21. The quantitative estimate of drug-likeness (QED) is 0.0961. The molecule has 22 nitrogen and oxygen atoms in total. The number of ether oxygens (including phenoxy) is 13. The average molecular weight is 1120 g/mol. The zero-order chi connectivity index (χ0) is 57.8. The molecule has 3 N–H and O–H groups in total. The van der Waals surface area contributed by atoms with Gasteiger partial charge in [0.2, 0.25) is 5.91 Å². The zero-order valence-electron chi connectivity index (χ0n) is 46.4. The molecule has 438 valence electrons. The molecule has 0 bridgehead atoms. The summed E-state index contributed by atoms with van der Waals surface area (Å²) in [6.07, 6.45) is -19.4. The van der Waals surface area contributed by atoms with Crippen molar-refractivity contribution in [1.29, 1.82) is 0 Å². The molecule has 0 spiro atoms. The van der Waals surface area contributed by atoms with Crippen LogP contribution in [-0.4, -0.2) is 164 Å². The topological polar surface area (TPSA) is 275 Å². The van der Waals surface area contributed by atoms with Gasteiger partial charge in [0.15, 0.2) is 43.5 Å². The van der Waals surface area contributed by atoms with E-state index in [0.717, 1.165) is 5.56 Å². The second-order valence-corrected chi connectivity index (χ2v) is 20.5. The lowest BCUT2D eigenvalue weighted by Crippen LogP contribution is -2.67. The Balaban J connectivity index is 1.21. The number of aliphatic hydroxyl groups excluding tert-OH is 2. The Kier molecular flexibility index (Phi) is 22.1. The fourth-order valence-electron chi connectivity index (χ4n) is 10.6. The largest absolute Gasteiger partial charge is 0.463 e. The predicted molar refractivity (Wildman–Crippen MR) is 278 cm³/mol. The second-order valence-electron chi connectivity index (χ2n) is 20.5. The van der Waals surface area contributed by atoms with Crippen molar-refractivity contribution >= 4 is 35.8 Å². The van der Waals surface area contributed by atoms with E-state index in [1.54, 1.807) is 76.2 Å². The van der Waals surface area contributed by atoms with E-state index >= 15 is 0 Å². The van der Waals surface area contributed by atoms with Crippen LogP contribution >= 0.6 is 0 Å². The average Bonchev–Trinajstić information content (AvgIpc) is 3.52. The van der Waals surface area contributed by atoms with Gasteiger partial charge in [-0.15, -0.1) is 0 Å². The van der Waals surface area contributed by atoms with Gasteiger partial charge >= 0.3 is 29.8 Å². The molecule has 3 aromatic rings. The van der Waals surface area contributed by atoms with Crippen LogP contribution in [0.1, 0.15) is 101 Å². The molecule has 80 heavy (non-hydrogen) atoms. The molecule has 0 aliphatic carbocycles. The number of aliphatic hydroxyl groups is 2. The summed E-state index contributed by atoms with van der Waals surface area (Å²) in [5, 5.41) is 26.0. The van der Waals surface area contributed by atoms with Crippen LogP contribution in [0.4, 0.5) is 0 Å². The predicted octanol–water partition coefficient (Wildman–Crippen LogP) is 4.72. The minimum Gasteiger partial charge on any atom is -0.463 e. The molecule has 0 saturated carbocycles. The Morgan fingerprint density at radius 3 is 1.48 bits per heavy atom. The fraction of sp³-hybridized carbons (Fsp3) is 0.586. The van der Waals surface area contributed by atoms with E-state index in [9.17, 15) is 39.0 Å². The van der Waals surface area contributed by atoms with Gasteiger partial charge in [-0.05, 0) is 42.7 Å². The van der Waals surface area contributed by atoms with Crippen LogP contribution in [0.15, 0.2) is 91.0 Å². The number of benzene rings is 3. The van der Waals surface area contributed by atoms with Crippen LogP contribution in [0.25, 0.3) is 0 Å². The van der Waals surface area contributed by atoms with Crippen LogP contribution in [0.2, 0.25) is 0 Å². The van der Waals surface area contributed by atoms with Gasteiger partial charge in [-0.25, -0.2) is 9.59 Å². The Bertz CT molecular complexity index is 2500. The summed E-state index contributed by atoms with van der Waals surface area (Å²) in [5.41, 5.74) is 1.25. The first-order chi connectivity index (χ1) is 38.3. The summed E-state index contributed by atoms with van der Waals surface area (Å²) in [7, 11) is 0. The maximum absolute atomic E-state index is 14.2. The molecule has 7 rings (SSSR count). The molecule has 4 fully saturated rings. The highest BCUT2D eigenvalue weighted by molar-refractivity contribution is 5.90. The van der Waals surface area contributed by atoms with Gasteiger partial charge in [-0.2, -0.15) is 0 Å². The maximum Gasteiger partial charge on any atom is 0.338 e. The van der Waals surface area contributed by atoms with Crippen LogP contribution in [-0.2, 0) is 87.4 Å². The van der Waals surface area contributed by atoms with Gasteiger partial charge in [0, 0.05) is 45.4 Å². The third-order valence-electron chi connectivity index (χ3n) is 14.7. The zero-order valence-corrected chi connectivity index (χ0v) is 46.4. The molecule has 0 radical (unpaired) electrons. The first-order valence-corrected chi connectivity index (χ1v) is 27.1. The third kappa shape index (κ3) is 15.3. The Morgan fingerprint density at radius 2 is 0.950 bits per heavy atom. The van der Waals surface area contributed by atoms with E-state index in [1.165, 1.54) is 39.8 Å². The van der Waals surface area contributed by atoms with Gasteiger partial charge in [-0.1, -0.05) is 101 Å². The molecule has 4 heterocycles. The lowest BCUT2D eigenvalue weighted by molar-refractivity contribution is -0.373. The molecule has 3 aromatic carbocycles. The van der Waals surface area contributed by atoms with Gasteiger partial charge in [0.25, 0.3) is 0 Å². The lowest BCUT2D eigenvalue weighted by atomic mass is 9.86. The summed E-state index contributed by atoms with van der Waals surface area (Å²) in [5.74, 6) is -6.23. The molecule has 4 saturated heterocycles. The van der Waals surface area contributed by atoms with Crippen LogP contribution in [0.5, 0.6) is 0 Å². The van der Waals surface area contributed by atoms with Gasteiger partial charge < -0.3 is 77.1 Å². The summed E-state index contributed by atoms with van der Waals surface area (Å²) in [6, 6.07) is 24.7. The molecule has 20 atom stereocenters. The van der Waals surface area contributed by atoms with Gasteiger partial charge in [-0.3, -0.25) is 19.2 Å². The van der Waals surface area contributed by atoms with E-state index in [-0.39, 0.29) is 30.8 Å². The smallest absolute Gasteiger partial charge is 0.338 e. The van der Waals surface area contributed by atoms with Crippen molar-refractivity contribution < 1.29 is 101 Å². The number of hydrogen-bond donors (Lipinski definition) is 3. The van der Waals surface area contributed by atoms with E-state index in [1.807, 2.05) is 37.3 Å². The molecule has 4 aliphatic rings. The van der Waals surface area contributed by atoms with Crippen LogP contribution in [0.3, 0.4) is 0 Å². The number of nitrogens with one attached hydrogen (secondary N) is 1. The Morgan fingerprint density at radius 1 is 0.500 bits per heavy atom.